The molecule has 0 amide bonds. The first kappa shape index (κ1) is 64.3. The Labute approximate surface area is 499 Å². The molecule has 6 aromatic heterocycles. The SMILES string of the molecule is BrCc1ncc(Br)cn1.CC1(C)[C@H]2CC[C@]1(c1cccc(-c3cnc(CS(C)(=O)=O)nc3)n1)c1nnc(-c3c(F)cccc3F)cc12.CS(=O)(=O)Cc1nc[c-]cn1.CS(=O)(=O)Cc1ncc(Br)cn1.FP(F)F.[K+]. The average Bonchev–Trinajstić information content (AvgIpc) is 3.70. The molecule has 394 valence electrons. The number of nitrogens with zero attached hydrogens (tertiary/aromatic N) is 11. The van der Waals surface area contributed by atoms with E-state index in [1.54, 1.807) is 30.9 Å². The van der Waals surface area contributed by atoms with Crippen molar-refractivity contribution in [3.8, 4) is 22.5 Å². The van der Waals surface area contributed by atoms with Crippen LogP contribution in [0.5, 0.6) is 0 Å². The van der Waals surface area contributed by atoms with Crippen LogP contribution in [-0.2, 0) is 57.5 Å². The zero-order valence-electron chi connectivity index (χ0n) is 40.5. The van der Waals surface area contributed by atoms with Crippen LogP contribution in [0, 0.1) is 23.1 Å². The van der Waals surface area contributed by atoms with Gasteiger partial charge in [-0.15, -0.1) is 17.5 Å². The third-order valence-electron chi connectivity index (χ3n) is 11.0. The van der Waals surface area contributed by atoms with Crippen LogP contribution in [0.1, 0.15) is 72.9 Å². The number of rotatable bonds is 10. The van der Waals surface area contributed by atoms with Crippen molar-refractivity contribution in [3.63, 3.8) is 0 Å². The molecule has 17 nitrogen and oxygen atoms in total. The molecular formula is C45H43Br3F5KN11O6PS3. The Balaban J connectivity index is 0.000000266. The summed E-state index contributed by atoms with van der Waals surface area (Å²) in [5.41, 5.74) is 3.13. The Bertz CT molecular complexity index is 3360. The summed E-state index contributed by atoms with van der Waals surface area (Å²) in [7, 11) is -13.4. The molecule has 30 heteroatoms. The van der Waals surface area contributed by atoms with Crippen LogP contribution < -0.4 is 51.4 Å². The zero-order chi connectivity index (χ0) is 54.6. The summed E-state index contributed by atoms with van der Waals surface area (Å²) >= 11 is 9.63. The molecule has 2 atom stereocenters. The van der Waals surface area contributed by atoms with Crippen molar-refractivity contribution >= 4 is 86.2 Å². The van der Waals surface area contributed by atoms with Crippen LogP contribution in [0.2, 0.25) is 0 Å². The molecule has 2 bridgehead atoms. The Morgan fingerprint density at radius 1 is 0.653 bits per heavy atom. The predicted octanol–water partition coefficient (Wildman–Crippen LogP) is 6.89. The van der Waals surface area contributed by atoms with Gasteiger partial charge in [-0.05, 0) is 91.9 Å². The summed E-state index contributed by atoms with van der Waals surface area (Å²) in [6.45, 7) is 4.38. The Morgan fingerprint density at radius 3 is 1.56 bits per heavy atom. The van der Waals surface area contributed by atoms with E-state index in [0.717, 1.165) is 63.3 Å². The van der Waals surface area contributed by atoms with Crippen LogP contribution in [0.4, 0.5) is 21.4 Å². The minimum atomic E-state index is -4.12. The standard InChI is InChI=1S/C28H25F2N5O2S.C6H7BrN2O2S.C6H7N2O2S.C5H4Br2N2.F3P.K/c1-27(2)18-10-11-28(27,26-17(18)12-22(34-35-26)25-19(29)6-4-7-20(25)30)23-9-5-8-21(33-23)16-13-31-24(32-14-16)15-38(3,36)37;1-12(10,11)4-6-8-2-5(7)3-9-6;1-11(9,10)5-6-7-3-2-4-8-6;6-1-5-8-2-4(7)3-9-5;1-4(2)3;/h4-9,12-14,18H,10-11,15H2,1-3H3;2-3H,4H2,1H3;3-4H,5H2,1H3;2-3H,1H2;;/q;;-1;;;+1/t18-,28-;;;;;/m0...../s1. The molecular weight excluding hydrogens is 1290 g/mol. The first-order valence-corrected chi connectivity index (χ1v) is 31.1. The van der Waals surface area contributed by atoms with Crippen LogP contribution >= 0.6 is 56.6 Å². The summed E-state index contributed by atoms with van der Waals surface area (Å²) in [6.07, 6.45) is 17.6. The molecule has 2 aliphatic rings. The predicted molar refractivity (Wildman–Crippen MR) is 278 cm³/mol. The zero-order valence-corrected chi connectivity index (χ0v) is 51.8. The smallest absolute Gasteiger partial charge is 0.434 e. The average molecular weight is 1330 g/mol. The van der Waals surface area contributed by atoms with E-state index >= 15 is 0 Å². The van der Waals surface area contributed by atoms with Gasteiger partial charge in [0, 0.05) is 61.5 Å². The maximum atomic E-state index is 14.5. The topological polar surface area (TPSA) is 244 Å². The minimum Gasteiger partial charge on any atom is -0.434 e. The number of aromatic nitrogens is 11. The van der Waals surface area contributed by atoms with Gasteiger partial charge in [0.1, 0.15) is 52.2 Å². The molecule has 9 rings (SSSR count). The van der Waals surface area contributed by atoms with E-state index in [4.69, 9.17) is 4.98 Å². The number of fused-ring (bicyclic) bond motifs is 5. The van der Waals surface area contributed by atoms with Gasteiger partial charge in [0.2, 0.25) is 0 Å². The van der Waals surface area contributed by atoms with Gasteiger partial charge in [-0.25, -0.2) is 63.9 Å². The molecule has 7 aromatic rings. The van der Waals surface area contributed by atoms with E-state index in [0.29, 0.717) is 28.2 Å². The van der Waals surface area contributed by atoms with Crippen molar-refractivity contribution in [1.29, 1.82) is 0 Å². The molecule has 2 aliphatic carbocycles. The first-order valence-electron chi connectivity index (χ1n) is 21.2. The third-order valence-corrected chi connectivity index (χ3v) is 14.7. The number of hydrogen-bond donors (Lipinski definition) is 0. The van der Waals surface area contributed by atoms with Crippen LogP contribution in [0.25, 0.3) is 22.5 Å². The summed E-state index contributed by atoms with van der Waals surface area (Å²) in [6, 6.07) is 13.9. The van der Waals surface area contributed by atoms with Gasteiger partial charge in [0.15, 0.2) is 29.5 Å². The Kier molecular flexibility index (Phi) is 24.1. The van der Waals surface area contributed by atoms with E-state index in [1.807, 2.05) is 18.2 Å². The van der Waals surface area contributed by atoms with Crippen LogP contribution in [0.3, 0.4) is 0 Å². The second-order valence-corrected chi connectivity index (χ2v) is 26.1. The van der Waals surface area contributed by atoms with Crippen molar-refractivity contribution in [3.05, 3.63) is 159 Å². The van der Waals surface area contributed by atoms with Crippen molar-refractivity contribution in [2.75, 3.05) is 18.8 Å². The number of pyridine rings is 1. The maximum absolute atomic E-state index is 14.5. The molecule has 0 aliphatic heterocycles. The van der Waals surface area contributed by atoms with Gasteiger partial charge in [0.25, 0.3) is 0 Å². The van der Waals surface area contributed by atoms with Crippen molar-refractivity contribution in [2.24, 2.45) is 5.41 Å². The van der Waals surface area contributed by atoms with E-state index in [-0.39, 0.29) is 97.1 Å². The number of alkyl halides is 1. The van der Waals surface area contributed by atoms with Gasteiger partial charge in [0.05, 0.1) is 48.0 Å². The molecule has 0 radical (unpaired) electrons. The van der Waals surface area contributed by atoms with E-state index in [1.165, 1.54) is 43.0 Å². The van der Waals surface area contributed by atoms with E-state index < -0.39 is 55.4 Å². The second-order valence-electron chi connectivity index (χ2n) is 16.9. The van der Waals surface area contributed by atoms with Gasteiger partial charge >= 0.3 is 60.2 Å². The number of benzene rings is 1. The van der Waals surface area contributed by atoms with Crippen molar-refractivity contribution < 1.29 is 98.0 Å². The molecule has 75 heavy (non-hydrogen) atoms. The molecule has 6 heterocycles. The van der Waals surface area contributed by atoms with Crippen molar-refractivity contribution in [1.82, 2.24) is 55.1 Å². The largest absolute Gasteiger partial charge is 1.00 e. The Hall–Kier alpha value is -3.22. The summed E-state index contributed by atoms with van der Waals surface area (Å²) < 4.78 is 126. The molecule has 1 fully saturated rings. The van der Waals surface area contributed by atoms with Gasteiger partial charge in [-0.3, -0.25) is 15.0 Å². The maximum Gasteiger partial charge on any atom is 1.00 e. The summed E-state index contributed by atoms with van der Waals surface area (Å²) in [5, 5.41) is 9.59. The normalized spacial score (nSPS) is 16.0. The molecule has 0 N–H and O–H groups in total. The number of halogens is 8. The van der Waals surface area contributed by atoms with Gasteiger partial charge in [-0.1, -0.05) is 41.9 Å². The molecule has 0 spiro atoms. The molecule has 1 aromatic carbocycles. The first-order chi connectivity index (χ1) is 34.6. The Morgan fingerprint density at radius 2 is 1.09 bits per heavy atom. The van der Waals surface area contributed by atoms with Gasteiger partial charge in [-0.2, -0.15) is 17.7 Å². The fourth-order valence-electron chi connectivity index (χ4n) is 8.04. The summed E-state index contributed by atoms with van der Waals surface area (Å²) in [5.74, 6) is 0.00463. The fraction of sp³-hybridized carbons (Fsp3) is 0.311. The fourth-order valence-corrected chi connectivity index (χ4v) is 10.6. The molecule has 0 saturated heterocycles. The quantitative estimate of drug-likeness (QED) is 0.0445. The molecule has 0 unspecified atom stereocenters. The number of hydrogen-bond acceptors (Lipinski definition) is 17. The minimum absolute atomic E-state index is 0. The van der Waals surface area contributed by atoms with Crippen LogP contribution in [-0.4, -0.2) is 99.1 Å². The van der Waals surface area contributed by atoms with E-state index in [9.17, 15) is 46.6 Å². The van der Waals surface area contributed by atoms with E-state index in [2.05, 4.69) is 118 Å². The third kappa shape index (κ3) is 18.7. The second kappa shape index (κ2) is 28.1. The summed E-state index contributed by atoms with van der Waals surface area (Å²) in [4.78, 5) is 36.5. The van der Waals surface area contributed by atoms with Crippen LogP contribution in [0.15, 0.2) is 101 Å². The van der Waals surface area contributed by atoms with Crippen molar-refractivity contribution in [2.45, 2.75) is 60.6 Å². The molecule has 1 saturated carbocycles. The number of sulfone groups is 3. The monoisotopic (exact) mass is 1330 g/mol. The van der Waals surface area contributed by atoms with Gasteiger partial charge < -0.3 is 6.07 Å².